The molecule has 0 atom stereocenters. The van der Waals surface area contributed by atoms with Gasteiger partial charge in [-0.1, -0.05) is 0 Å². The van der Waals surface area contributed by atoms with Crippen LogP contribution in [0.5, 0.6) is 0 Å². The van der Waals surface area contributed by atoms with Crippen LogP contribution < -0.4 is 11.1 Å². The highest BCUT2D eigenvalue weighted by molar-refractivity contribution is 5.58. The van der Waals surface area contributed by atoms with Gasteiger partial charge in [0.1, 0.15) is 0 Å². The van der Waals surface area contributed by atoms with E-state index < -0.39 is 0 Å². The summed E-state index contributed by atoms with van der Waals surface area (Å²) in [6.45, 7) is 2.08. The minimum atomic E-state index is 0.715. The summed E-state index contributed by atoms with van der Waals surface area (Å²) in [5.74, 6) is 0. The normalized spacial score (nSPS) is 16.1. The number of nitrogens with two attached hydrogens (primary N) is 1. The number of rotatable bonds is 2. The van der Waals surface area contributed by atoms with E-state index in [9.17, 15) is 0 Å². The second-order valence-corrected chi connectivity index (χ2v) is 3.49. The van der Waals surface area contributed by atoms with Crippen LogP contribution in [0, 0.1) is 6.92 Å². The standard InChI is InChI=1S/C10H14N2/c1-7-6-8(11)2-5-10(7)12-9-3-4-9/h2,5-6,9,12H,3-4,11H2,1H3. The maximum Gasteiger partial charge on any atom is 0.0373 e. The number of benzene rings is 1. The van der Waals surface area contributed by atoms with Gasteiger partial charge in [-0.2, -0.15) is 0 Å². The SMILES string of the molecule is Cc1cc(N)ccc1NC1CC1. The van der Waals surface area contributed by atoms with E-state index in [-0.39, 0.29) is 0 Å². The van der Waals surface area contributed by atoms with Gasteiger partial charge in [-0.05, 0) is 43.5 Å². The van der Waals surface area contributed by atoms with Crippen molar-refractivity contribution in [3.63, 3.8) is 0 Å². The van der Waals surface area contributed by atoms with E-state index >= 15 is 0 Å². The van der Waals surface area contributed by atoms with Crippen LogP contribution >= 0.6 is 0 Å². The number of nitrogen functional groups attached to an aromatic ring is 1. The highest BCUT2D eigenvalue weighted by Gasteiger charge is 2.21. The van der Waals surface area contributed by atoms with Crippen molar-refractivity contribution in [2.45, 2.75) is 25.8 Å². The molecule has 0 bridgehead atoms. The molecule has 0 aromatic heterocycles. The first-order chi connectivity index (χ1) is 5.75. The van der Waals surface area contributed by atoms with Crippen molar-refractivity contribution >= 4 is 11.4 Å². The molecule has 3 N–H and O–H groups in total. The molecule has 0 radical (unpaired) electrons. The zero-order valence-electron chi connectivity index (χ0n) is 7.30. The van der Waals surface area contributed by atoms with E-state index in [1.54, 1.807) is 0 Å². The molecule has 1 fully saturated rings. The summed E-state index contributed by atoms with van der Waals surface area (Å²) >= 11 is 0. The van der Waals surface area contributed by atoms with Gasteiger partial charge < -0.3 is 11.1 Å². The minimum Gasteiger partial charge on any atom is -0.399 e. The Morgan fingerprint density at radius 3 is 2.75 bits per heavy atom. The zero-order valence-corrected chi connectivity index (χ0v) is 7.30. The van der Waals surface area contributed by atoms with Crippen molar-refractivity contribution in [1.29, 1.82) is 0 Å². The predicted molar refractivity (Wildman–Crippen MR) is 52.2 cm³/mol. The van der Waals surface area contributed by atoms with Crippen LogP contribution in [0.15, 0.2) is 18.2 Å². The second-order valence-electron chi connectivity index (χ2n) is 3.49. The summed E-state index contributed by atoms with van der Waals surface area (Å²) in [4.78, 5) is 0. The fourth-order valence-electron chi connectivity index (χ4n) is 1.30. The largest absolute Gasteiger partial charge is 0.399 e. The minimum absolute atomic E-state index is 0.715. The third-order valence-corrected chi connectivity index (χ3v) is 2.19. The van der Waals surface area contributed by atoms with Crippen LogP contribution in [0.3, 0.4) is 0 Å². The van der Waals surface area contributed by atoms with Crippen molar-refractivity contribution in [3.8, 4) is 0 Å². The molecule has 1 saturated carbocycles. The van der Waals surface area contributed by atoms with Gasteiger partial charge in [-0.3, -0.25) is 0 Å². The highest BCUT2D eigenvalue weighted by atomic mass is 15.0. The Labute approximate surface area is 72.8 Å². The van der Waals surface area contributed by atoms with E-state index in [2.05, 4.69) is 18.3 Å². The topological polar surface area (TPSA) is 38.0 Å². The summed E-state index contributed by atoms with van der Waals surface area (Å²) in [6, 6.07) is 6.72. The molecule has 0 heterocycles. The molecule has 1 aromatic carbocycles. The molecule has 1 aliphatic carbocycles. The average molecular weight is 162 g/mol. The number of anilines is 2. The lowest BCUT2D eigenvalue weighted by molar-refractivity contribution is 1.15. The summed E-state index contributed by atoms with van der Waals surface area (Å²) in [6.07, 6.45) is 2.62. The Balaban J connectivity index is 2.18. The maximum absolute atomic E-state index is 5.65. The predicted octanol–water partition coefficient (Wildman–Crippen LogP) is 2.15. The Morgan fingerprint density at radius 1 is 1.42 bits per heavy atom. The molecule has 2 nitrogen and oxygen atoms in total. The van der Waals surface area contributed by atoms with E-state index in [4.69, 9.17) is 5.73 Å². The lowest BCUT2D eigenvalue weighted by atomic mass is 10.2. The smallest absolute Gasteiger partial charge is 0.0373 e. The fourth-order valence-corrected chi connectivity index (χ4v) is 1.30. The van der Waals surface area contributed by atoms with Gasteiger partial charge in [0.05, 0.1) is 0 Å². The molecule has 12 heavy (non-hydrogen) atoms. The van der Waals surface area contributed by atoms with Gasteiger partial charge in [-0.25, -0.2) is 0 Å². The summed E-state index contributed by atoms with van der Waals surface area (Å²) in [7, 11) is 0. The molecule has 0 saturated heterocycles. The quantitative estimate of drug-likeness (QED) is 0.654. The lowest BCUT2D eigenvalue weighted by Crippen LogP contribution is -2.02. The van der Waals surface area contributed by atoms with E-state index in [0.29, 0.717) is 6.04 Å². The molecular weight excluding hydrogens is 148 g/mol. The molecule has 0 amide bonds. The Bertz CT molecular complexity index is 290. The van der Waals surface area contributed by atoms with Gasteiger partial charge in [0.15, 0.2) is 0 Å². The molecule has 0 spiro atoms. The van der Waals surface area contributed by atoms with Crippen molar-refractivity contribution in [3.05, 3.63) is 23.8 Å². The third kappa shape index (κ3) is 1.52. The van der Waals surface area contributed by atoms with E-state index in [1.807, 2.05) is 12.1 Å². The van der Waals surface area contributed by atoms with Crippen molar-refractivity contribution in [2.24, 2.45) is 0 Å². The number of nitrogens with one attached hydrogen (secondary N) is 1. The van der Waals surface area contributed by atoms with Crippen molar-refractivity contribution < 1.29 is 0 Å². The first-order valence-corrected chi connectivity index (χ1v) is 4.38. The van der Waals surface area contributed by atoms with Crippen LogP contribution in [0.4, 0.5) is 11.4 Å². The third-order valence-electron chi connectivity index (χ3n) is 2.19. The number of hydrogen-bond acceptors (Lipinski definition) is 2. The van der Waals surface area contributed by atoms with Crippen LogP contribution in [-0.4, -0.2) is 6.04 Å². The van der Waals surface area contributed by atoms with Gasteiger partial charge in [0, 0.05) is 17.4 Å². The first-order valence-electron chi connectivity index (χ1n) is 4.38. The highest BCUT2D eigenvalue weighted by Crippen LogP contribution is 2.27. The van der Waals surface area contributed by atoms with Gasteiger partial charge in [-0.15, -0.1) is 0 Å². The second kappa shape index (κ2) is 2.70. The molecule has 0 aliphatic heterocycles. The number of hydrogen-bond donors (Lipinski definition) is 2. The van der Waals surface area contributed by atoms with E-state index in [1.165, 1.54) is 24.1 Å². The molecule has 1 aliphatic rings. The Kier molecular flexibility index (Phi) is 1.68. The first kappa shape index (κ1) is 7.47. The zero-order chi connectivity index (χ0) is 8.55. The van der Waals surface area contributed by atoms with Crippen molar-refractivity contribution in [1.82, 2.24) is 0 Å². The monoisotopic (exact) mass is 162 g/mol. The maximum atomic E-state index is 5.65. The van der Waals surface area contributed by atoms with Gasteiger partial charge in [0.2, 0.25) is 0 Å². The molecule has 0 unspecified atom stereocenters. The molecule has 64 valence electrons. The Hall–Kier alpha value is -1.18. The molecular formula is C10H14N2. The van der Waals surface area contributed by atoms with Crippen LogP contribution in [0.1, 0.15) is 18.4 Å². The van der Waals surface area contributed by atoms with Crippen LogP contribution in [0.2, 0.25) is 0 Å². The van der Waals surface area contributed by atoms with Crippen LogP contribution in [-0.2, 0) is 0 Å². The van der Waals surface area contributed by atoms with Gasteiger partial charge in [0.25, 0.3) is 0 Å². The lowest BCUT2D eigenvalue weighted by Gasteiger charge is -2.08. The van der Waals surface area contributed by atoms with E-state index in [0.717, 1.165) is 5.69 Å². The number of aryl methyl sites for hydroxylation is 1. The summed E-state index contributed by atoms with van der Waals surface area (Å²) < 4.78 is 0. The van der Waals surface area contributed by atoms with Gasteiger partial charge >= 0.3 is 0 Å². The fraction of sp³-hybridized carbons (Fsp3) is 0.400. The van der Waals surface area contributed by atoms with Crippen molar-refractivity contribution in [2.75, 3.05) is 11.1 Å². The molecule has 2 rings (SSSR count). The summed E-state index contributed by atoms with van der Waals surface area (Å²) in [5, 5.41) is 3.46. The average Bonchev–Trinajstić information content (AvgIpc) is 2.79. The van der Waals surface area contributed by atoms with Crippen LogP contribution in [0.25, 0.3) is 0 Å². The Morgan fingerprint density at radius 2 is 2.17 bits per heavy atom. The molecule has 1 aromatic rings. The molecule has 2 heteroatoms. The summed E-state index contributed by atoms with van der Waals surface area (Å²) in [5.41, 5.74) is 8.95.